The molecule has 20 heavy (non-hydrogen) atoms. The van der Waals surface area contributed by atoms with E-state index in [9.17, 15) is 19.8 Å². The van der Waals surface area contributed by atoms with Crippen LogP contribution in [0, 0.1) is 0 Å². The first kappa shape index (κ1) is 14.8. The largest absolute Gasteiger partial charge is 0.507 e. The van der Waals surface area contributed by atoms with E-state index in [1.807, 2.05) is 0 Å². The number of carbonyl (C=O) groups excluding carboxylic acids is 1. The lowest BCUT2D eigenvalue weighted by molar-refractivity contribution is -0.148. The highest BCUT2D eigenvalue weighted by atomic mass is 79.9. The fourth-order valence-electron chi connectivity index (χ4n) is 2.74. The van der Waals surface area contributed by atoms with Crippen molar-refractivity contribution < 1.29 is 19.8 Å². The van der Waals surface area contributed by atoms with Gasteiger partial charge in [-0.2, -0.15) is 0 Å². The average Bonchev–Trinajstić information content (AvgIpc) is 2.85. The Hall–Kier alpha value is -1.56. The van der Waals surface area contributed by atoms with Crippen LogP contribution in [-0.4, -0.2) is 39.1 Å². The Labute approximate surface area is 125 Å². The smallest absolute Gasteiger partial charge is 0.329 e. The van der Waals surface area contributed by atoms with Crippen molar-refractivity contribution in [2.75, 3.05) is 6.54 Å². The number of halogens is 1. The first-order chi connectivity index (χ1) is 9.42. The van der Waals surface area contributed by atoms with Crippen molar-refractivity contribution in [1.29, 1.82) is 0 Å². The summed E-state index contributed by atoms with van der Waals surface area (Å²) in [5.41, 5.74) is -1.04. The van der Waals surface area contributed by atoms with Gasteiger partial charge in [-0.1, -0.05) is 22.9 Å². The fourth-order valence-corrected chi connectivity index (χ4v) is 3.10. The Morgan fingerprint density at radius 3 is 2.75 bits per heavy atom. The minimum absolute atomic E-state index is 0.125. The topological polar surface area (TPSA) is 77.8 Å². The summed E-state index contributed by atoms with van der Waals surface area (Å²) in [5.74, 6) is -1.56. The van der Waals surface area contributed by atoms with E-state index < -0.39 is 17.4 Å². The second-order valence-electron chi connectivity index (χ2n) is 4.91. The maximum Gasteiger partial charge on any atom is 0.329 e. The standard InChI is InChI=1S/C14H16BrNO4/c1-2-14(13(19)20)6-3-7-16(14)12(18)10-8-9(15)4-5-11(10)17/h4-5,8,17H,2-3,6-7H2,1H3,(H,19,20). The molecule has 5 nitrogen and oxygen atoms in total. The third-order valence-corrected chi connectivity index (χ3v) is 4.40. The lowest BCUT2D eigenvalue weighted by atomic mass is 9.92. The Kier molecular flexibility index (Phi) is 4.04. The van der Waals surface area contributed by atoms with Gasteiger partial charge in [0.05, 0.1) is 5.56 Å². The number of nitrogens with zero attached hydrogens (tertiary/aromatic N) is 1. The molecule has 1 aromatic rings. The van der Waals surface area contributed by atoms with Gasteiger partial charge < -0.3 is 15.1 Å². The number of hydrogen-bond acceptors (Lipinski definition) is 3. The molecule has 1 aliphatic rings. The van der Waals surface area contributed by atoms with Gasteiger partial charge in [0.1, 0.15) is 11.3 Å². The van der Waals surface area contributed by atoms with Gasteiger partial charge in [-0.3, -0.25) is 4.79 Å². The molecule has 1 unspecified atom stereocenters. The van der Waals surface area contributed by atoms with Gasteiger partial charge in [-0.15, -0.1) is 0 Å². The normalized spacial score (nSPS) is 22.0. The number of benzene rings is 1. The Bertz CT molecular complexity index is 560. The predicted octanol–water partition coefficient (Wildman–Crippen LogP) is 2.62. The number of carbonyl (C=O) groups is 2. The maximum absolute atomic E-state index is 12.6. The third-order valence-electron chi connectivity index (χ3n) is 3.91. The third kappa shape index (κ3) is 2.28. The minimum Gasteiger partial charge on any atom is -0.507 e. The van der Waals surface area contributed by atoms with Gasteiger partial charge in [0.2, 0.25) is 0 Å². The van der Waals surface area contributed by atoms with Crippen LogP contribution in [0.3, 0.4) is 0 Å². The first-order valence-corrected chi connectivity index (χ1v) is 7.25. The van der Waals surface area contributed by atoms with Crippen LogP contribution in [0.4, 0.5) is 0 Å². The number of carboxylic acids is 1. The van der Waals surface area contributed by atoms with Crippen molar-refractivity contribution in [1.82, 2.24) is 4.90 Å². The maximum atomic E-state index is 12.6. The molecule has 0 aliphatic carbocycles. The van der Waals surface area contributed by atoms with Gasteiger partial charge in [0.25, 0.3) is 5.91 Å². The molecule has 1 saturated heterocycles. The van der Waals surface area contributed by atoms with Crippen molar-refractivity contribution in [3.05, 3.63) is 28.2 Å². The van der Waals surface area contributed by atoms with Crippen LogP contribution in [-0.2, 0) is 4.79 Å². The van der Waals surface area contributed by atoms with Crippen molar-refractivity contribution in [2.24, 2.45) is 0 Å². The second-order valence-corrected chi connectivity index (χ2v) is 5.83. The van der Waals surface area contributed by atoms with E-state index >= 15 is 0 Å². The molecule has 6 heteroatoms. The molecule has 1 aromatic carbocycles. The summed E-state index contributed by atoms with van der Waals surface area (Å²) in [6, 6.07) is 4.56. The van der Waals surface area contributed by atoms with Crippen molar-refractivity contribution in [3.8, 4) is 5.75 Å². The summed E-state index contributed by atoms with van der Waals surface area (Å²) in [4.78, 5) is 25.5. The van der Waals surface area contributed by atoms with Crippen LogP contribution in [0.2, 0.25) is 0 Å². The number of aliphatic carboxylic acids is 1. The molecular weight excluding hydrogens is 326 g/mol. The number of phenolic OH excluding ortho intramolecular Hbond substituents is 1. The monoisotopic (exact) mass is 341 g/mol. The zero-order valence-electron chi connectivity index (χ0n) is 11.1. The van der Waals surface area contributed by atoms with E-state index in [2.05, 4.69) is 15.9 Å². The summed E-state index contributed by atoms with van der Waals surface area (Å²) >= 11 is 3.25. The van der Waals surface area contributed by atoms with Crippen LogP contribution in [0.5, 0.6) is 5.75 Å². The summed E-state index contributed by atoms with van der Waals surface area (Å²) in [6.45, 7) is 2.16. The van der Waals surface area contributed by atoms with E-state index in [0.29, 0.717) is 30.3 Å². The Morgan fingerprint density at radius 1 is 1.45 bits per heavy atom. The predicted molar refractivity (Wildman–Crippen MR) is 76.7 cm³/mol. The van der Waals surface area contributed by atoms with E-state index in [4.69, 9.17) is 0 Å². The first-order valence-electron chi connectivity index (χ1n) is 6.46. The summed E-state index contributed by atoms with van der Waals surface area (Å²) in [5, 5.41) is 19.3. The highest BCUT2D eigenvalue weighted by molar-refractivity contribution is 9.10. The van der Waals surface area contributed by atoms with Crippen LogP contribution >= 0.6 is 15.9 Å². The van der Waals surface area contributed by atoms with E-state index in [0.717, 1.165) is 0 Å². The van der Waals surface area contributed by atoms with Crippen LogP contribution < -0.4 is 0 Å². The molecular formula is C14H16BrNO4. The number of hydrogen-bond donors (Lipinski definition) is 2. The SMILES string of the molecule is CCC1(C(=O)O)CCCN1C(=O)c1cc(Br)ccc1O. The lowest BCUT2D eigenvalue weighted by Crippen LogP contribution is -2.52. The molecule has 108 valence electrons. The van der Waals surface area contributed by atoms with Gasteiger partial charge in [0.15, 0.2) is 0 Å². The molecule has 0 radical (unpaired) electrons. The van der Waals surface area contributed by atoms with Gasteiger partial charge >= 0.3 is 5.97 Å². The molecule has 0 aromatic heterocycles. The summed E-state index contributed by atoms with van der Waals surface area (Å²) in [6.07, 6.45) is 1.45. The molecule has 1 fully saturated rings. The number of rotatable bonds is 3. The molecule has 1 atom stereocenters. The van der Waals surface area contributed by atoms with Crippen LogP contribution in [0.15, 0.2) is 22.7 Å². The van der Waals surface area contributed by atoms with E-state index in [1.165, 1.54) is 17.0 Å². The Balaban J connectivity index is 2.42. The van der Waals surface area contributed by atoms with Crippen molar-refractivity contribution in [3.63, 3.8) is 0 Å². The average molecular weight is 342 g/mol. The molecule has 0 spiro atoms. The highest BCUT2D eigenvalue weighted by Gasteiger charge is 2.49. The quantitative estimate of drug-likeness (QED) is 0.885. The van der Waals surface area contributed by atoms with Crippen molar-refractivity contribution in [2.45, 2.75) is 31.7 Å². The number of carboxylic acid groups (broad SMARTS) is 1. The zero-order valence-corrected chi connectivity index (χ0v) is 12.7. The molecule has 0 saturated carbocycles. The lowest BCUT2D eigenvalue weighted by Gasteiger charge is -2.34. The molecule has 0 bridgehead atoms. The minimum atomic E-state index is -1.16. The number of phenols is 1. The van der Waals surface area contributed by atoms with Crippen molar-refractivity contribution >= 4 is 27.8 Å². The number of likely N-dealkylation sites (tertiary alicyclic amines) is 1. The van der Waals surface area contributed by atoms with Crippen LogP contribution in [0.25, 0.3) is 0 Å². The molecule has 1 heterocycles. The van der Waals surface area contributed by atoms with Crippen LogP contribution in [0.1, 0.15) is 36.5 Å². The van der Waals surface area contributed by atoms with E-state index in [-0.39, 0.29) is 11.3 Å². The number of amides is 1. The van der Waals surface area contributed by atoms with Gasteiger partial charge in [-0.05, 0) is 37.5 Å². The highest BCUT2D eigenvalue weighted by Crippen LogP contribution is 2.35. The molecule has 2 rings (SSSR count). The zero-order chi connectivity index (χ0) is 14.9. The summed E-state index contributed by atoms with van der Waals surface area (Å²) < 4.78 is 0.662. The number of aromatic hydroxyl groups is 1. The Morgan fingerprint density at radius 2 is 2.15 bits per heavy atom. The summed E-state index contributed by atoms with van der Waals surface area (Å²) in [7, 11) is 0. The second kappa shape index (κ2) is 5.44. The molecule has 1 aliphatic heterocycles. The van der Waals surface area contributed by atoms with Gasteiger partial charge in [0, 0.05) is 11.0 Å². The van der Waals surface area contributed by atoms with Gasteiger partial charge in [-0.25, -0.2) is 4.79 Å². The fraction of sp³-hybridized carbons (Fsp3) is 0.429. The molecule has 2 N–H and O–H groups in total. The molecule has 1 amide bonds. The van der Waals surface area contributed by atoms with E-state index in [1.54, 1.807) is 13.0 Å².